The highest BCUT2D eigenvalue weighted by Gasteiger charge is 2.31. The van der Waals surface area contributed by atoms with Gasteiger partial charge in [-0.15, -0.1) is 35.3 Å². The first-order valence-electron chi connectivity index (χ1n) is 11.0. The van der Waals surface area contributed by atoms with Crippen molar-refractivity contribution < 1.29 is 9.53 Å². The summed E-state index contributed by atoms with van der Waals surface area (Å²) in [7, 11) is 2.22. The molecule has 3 N–H and O–H groups in total. The number of halogens is 1. The van der Waals surface area contributed by atoms with Crippen LogP contribution in [0.25, 0.3) is 0 Å². The average Bonchev–Trinajstić information content (AvgIpc) is 3.18. The Morgan fingerprint density at radius 3 is 2.68 bits per heavy atom. The maximum Gasteiger partial charge on any atom is 0.407 e. The number of nitrogens with one attached hydrogen (secondary N) is 3. The topological polar surface area (TPSA) is 78.0 Å². The molecule has 1 aliphatic heterocycles. The van der Waals surface area contributed by atoms with Gasteiger partial charge in [0.15, 0.2) is 5.96 Å². The van der Waals surface area contributed by atoms with Gasteiger partial charge in [-0.05, 0) is 77.9 Å². The summed E-state index contributed by atoms with van der Waals surface area (Å²) in [6.07, 6.45) is 2.85. The van der Waals surface area contributed by atoms with E-state index in [1.54, 1.807) is 0 Å². The van der Waals surface area contributed by atoms with Crippen molar-refractivity contribution in [2.75, 3.05) is 39.8 Å². The first kappa shape index (κ1) is 28.0. The number of guanidine groups is 1. The summed E-state index contributed by atoms with van der Waals surface area (Å²) in [6.45, 7) is 11.7. The highest BCUT2D eigenvalue weighted by atomic mass is 127. The minimum absolute atomic E-state index is 0. The average molecular weight is 566 g/mol. The fourth-order valence-corrected chi connectivity index (χ4v) is 4.69. The summed E-state index contributed by atoms with van der Waals surface area (Å²) < 4.78 is 5.25. The number of nitrogens with zero attached hydrogens (tertiary/aromatic N) is 2. The smallest absolute Gasteiger partial charge is 0.407 e. The predicted molar refractivity (Wildman–Crippen MR) is 141 cm³/mol. The molecule has 31 heavy (non-hydrogen) atoms. The molecule has 178 valence electrons. The molecule has 2 heterocycles. The minimum Gasteiger partial charge on any atom is -0.444 e. The molecule has 2 atom stereocenters. The normalized spacial score (nSPS) is 20.0. The van der Waals surface area contributed by atoms with Crippen LogP contribution < -0.4 is 16.0 Å². The van der Waals surface area contributed by atoms with E-state index in [0.717, 1.165) is 38.6 Å². The summed E-state index contributed by atoms with van der Waals surface area (Å²) in [5, 5.41) is 11.7. The van der Waals surface area contributed by atoms with Crippen LogP contribution in [0.2, 0.25) is 0 Å². The van der Waals surface area contributed by atoms with Gasteiger partial charge in [0.25, 0.3) is 0 Å². The van der Waals surface area contributed by atoms with Crippen molar-refractivity contribution in [3.63, 3.8) is 0 Å². The first-order valence-corrected chi connectivity index (χ1v) is 11.9. The first-order chi connectivity index (χ1) is 14.3. The van der Waals surface area contributed by atoms with Gasteiger partial charge < -0.3 is 20.7 Å². The van der Waals surface area contributed by atoms with Crippen molar-refractivity contribution in [2.45, 2.75) is 58.6 Å². The molecule has 2 rings (SSSR count). The van der Waals surface area contributed by atoms with Crippen LogP contribution in [0.5, 0.6) is 0 Å². The number of hydrogen-bond donors (Lipinski definition) is 3. The number of likely N-dealkylation sites (tertiary alicyclic amines) is 1. The van der Waals surface area contributed by atoms with Crippen molar-refractivity contribution >= 4 is 47.4 Å². The number of rotatable bonds is 8. The van der Waals surface area contributed by atoms with Crippen LogP contribution in [0.4, 0.5) is 4.79 Å². The van der Waals surface area contributed by atoms with Crippen molar-refractivity contribution in [1.82, 2.24) is 20.9 Å². The number of hydrogen-bond acceptors (Lipinski definition) is 5. The molecule has 1 aliphatic rings. The molecule has 7 nitrogen and oxygen atoms in total. The van der Waals surface area contributed by atoms with Gasteiger partial charge in [-0.1, -0.05) is 6.07 Å². The minimum atomic E-state index is -0.471. The monoisotopic (exact) mass is 565 g/mol. The Bertz CT molecular complexity index is 663. The van der Waals surface area contributed by atoms with Crippen molar-refractivity contribution in [2.24, 2.45) is 10.9 Å². The molecule has 1 aromatic heterocycles. The summed E-state index contributed by atoms with van der Waals surface area (Å²) in [5.74, 6) is 1.36. The van der Waals surface area contributed by atoms with E-state index in [2.05, 4.69) is 52.3 Å². The number of aliphatic imine (C=N–C) groups is 1. The van der Waals surface area contributed by atoms with Gasteiger partial charge in [-0.2, -0.15) is 0 Å². The number of thiophene rings is 1. The quantitative estimate of drug-likeness (QED) is 0.191. The second-order valence-electron chi connectivity index (χ2n) is 8.77. The van der Waals surface area contributed by atoms with Gasteiger partial charge in [0.05, 0.1) is 0 Å². The van der Waals surface area contributed by atoms with E-state index in [4.69, 9.17) is 9.73 Å². The van der Waals surface area contributed by atoms with E-state index in [1.807, 2.05) is 32.1 Å². The van der Waals surface area contributed by atoms with Crippen LogP contribution in [0.15, 0.2) is 22.5 Å². The Balaban J connectivity index is 0.00000480. The molecule has 1 amide bonds. The zero-order valence-corrected chi connectivity index (χ0v) is 22.7. The second kappa shape index (κ2) is 14.2. The Labute approximate surface area is 208 Å². The molecule has 1 saturated heterocycles. The van der Waals surface area contributed by atoms with E-state index < -0.39 is 5.60 Å². The van der Waals surface area contributed by atoms with Crippen LogP contribution in [0, 0.1) is 5.92 Å². The zero-order valence-electron chi connectivity index (χ0n) is 19.6. The molecule has 0 saturated carbocycles. The summed E-state index contributed by atoms with van der Waals surface area (Å²) >= 11 is 1.84. The van der Waals surface area contributed by atoms with E-state index in [9.17, 15) is 4.79 Å². The van der Waals surface area contributed by atoms with Crippen molar-refractivity contribution in [1.29, 1.82) is 0 Å². The van der Waals surface area contributed by atoms with E-state index in [0.29, 0.717) is 18.5 Å². The lowest BCUT2D eigenvalue weighted by molar-refractivity contribution is 0.0527. The van der Waals surface area contributed by atoms with Gasteiger partial charge in [-0.3, -0.25) is 9.89 Å². The van der Waals surface area contributed by atoms with Crippen molar-refractivity contribution in [3.8, 4) is 0 Å². The molecule has 2 unspecified atom stereocenters. The van der Waals surface area contributed by atoms with Gasteiger partial charge in [0, 0.05) is 37.1 Å². The maximum atomic E-state index is 11.7. The lowest BCUT2D eigenvalue weighted by atomic mass is 9.88. The summed E-state index contributed by atoms with van der Waals surface area (Å²) in [4.78, 5) is 20.5. The molecular weight excluding hydrogens is 525 g/mol. The predicted octanol–water partition coefficient (Wildman–Crippen LogP) is 4.22. The third-order valence-corrected chi connectivity index (χ3v) is 5.93. The van der Waals surface area contributed by atoms with Gasteiger partial charge in [0.1, 0.15) is 5.60 Å². The number of carbonyl (C=O) groups is 1. The third-order valence-electron chi connectivity index (χ3n) is 4.98. The van der Waals surface area contributed by atoms with Crippen LogP contribution in [-0.2, 0) is 4.74 Å². The van der Waals surface area contributed by atoms with E-state index >= 15 is 0 Å². The van der Waals surface area contributed by atoms with E-state index in [-0.39, 0.29) is 30.1 Å². The SMILES string of the molecule is CCNC(=NCC1CCCN(C)C1c1cccs1)NCCCNC(=O)OC(C)(C)C.I. The highest BCUT2D eigenvalue weighted by molar-refractivity contribution is 14.0. The van der Waals surface area contributed by atoms with Crippen LogP contribution in [-0.4, -0.2) is 62.3 Å². The zero-order chi connectivity index (χ0) is 22.0. The van der Waals surface area contributed by atoms with Crippen LogP contribution in [0.1, 0.15) is 57.9 Å². The maximum absolute atomic E-state index is 11.7. The van der Waals surface area contributed by atoms with Gasteiger partial charge in [0.2, 0.25) is 0 Å². The molecule has 0 bridgehead atoms. The molecule has 0 radical (unpaired) electrons. The Hall–Kier alpha value is -1.07. The number of amides is 1. The molecule has 0 aromatic carbocycles. The van der Waals surface area contributed by atoms with Gasteiger partial charge in [-0.25, -0.2) is 4.79 Å². The fraction of sp³-hybridized carbons (Fsp3) is 0.727. The largest absolute Gasteiger partial charge is 0.444 e. The van der Waals surface area contributed by atoms with E-state index in [1.165, 1.54) is 17.7 Å². The second-order valence-corrected chi connectivity index (χ2v) is 9.75. The molecule has 1 aromatic rings. The molecule has 9 heteroatoms. The number of piperidine rings is 1. The summed E-state index contributed by atoms with van der Waals surface area (Å²) in [6, 6.07) is 4.83. The number of ether oxygens (including phenoxy) is 1. The third kappa shape index (κ3) is 10.4. The summed E-state index contributed by atoms with van der Waals surface area (Å²) in [5.41, 5.74) is -0.471. The number of carbonyl (C=O) groups excluding carboxylic acids is 1. The lowest BCUT2D eigenvalue weighted by Gasteiger charge is -2.38. The fourth-order valence-electron chi connectivity index (χ4n) is 3.71. The highest BCUT2D eigenvalue weighted by Crippen LogP contribution is 2.37. The van der Waals surface area contributed by atoms with Crippen LogP contribution in [0.3, 0.4) is 0 Å². The number of alkyl carbamates (subject to hydrolysis) is 1. The Morgan fingerprint density at radius 2 is 2.03 bits per heavy atom. The standard InChI is InChI=1S/C22H39N5O2S.HI/c1-6-23-20(24-12-9-13-25-21(28)29-22(2,3)4)26-16-17-10-7-14-27(5)19(17)18-11-8-15-30-18;/h8,11,15,17,19H,6-7,9-10,12-14,16H2,1-5H3,(H,25,28)(H2,23,24,26);1H. The Kier molecular flexibility index (Phi) is 12.8. The van der Waals surface area contributed by atoms with Gasteiger partial charge >= 0.3 is 6.09 Å². The molecular formula is C22H40IN5O2S. The molecule has 0 spiro atoms. The lowest BCUT2D eigenvalue weighted by Crippen LogP contribution is -2.41. The molecule has 1 fully saturated rings. The van der Waals surface area contributed by atoms with Crippen molar-refractivity contribution in [3.05, 3.63) is 22.4 Å². The molecule has 0 aliphatic carbocycles. The Morgan fingerprint density at radius 1 is 1.29 bits per heavy atom. The van der Waals surface area contributed by atoms with Crippen LogP contribution >= 0.6 is 35.3 Å².